The highest BCUT2D eigenvalue weighted by Gasteiger charge is 2.10. The number of aliphatic carboxylic acids is 1. The summed E-state index contributed by atoms with van der Waals surface area (Å²) in [5.41, 5.74) is 0.939. The molecule has 1 aromatic carbocycles. The molecule has 5 nitrogen and oxygen atoms in total. The van der Waals surface area contributed by atoms with Crippen LogP contribution in [0.15, 0.2) is 33.7 Å². The summed E-state index contributed by atoms with van der Waals surface area (Å²) in [6.07, 6.45) is 1.30. The Hall–Kier alpha value is -2.30. The van der Waals surface area contributed by atoms with Gasteiger partial charge in [-0.3, -0.25) is 9.79 Å². The van der Waals surface area contributed by atoms with Crippen molar-refractivity contribution in [1.82, 2.24) is 0 Å². The standard InChI is InChI=1S/C11H9NO4/c13-10(14)6-12-5-8-7-3-1-2-4-9(7)16-11(8)15/h1-5,15H,6H2,(H,13,14). The lowest BCUT2D eigenvalue weighted by atomic mass is 10.2. The Morgan fingerprint density at radius 1 is 1.44 bits per heavy atom. The summed E-state index contributed by atoms with van der Waals surface area (Å²) in [6.45, 7) is -0.334. The van der Waals surface area contributed by atoms with E-state index < -0.39 is 5.97 Å². The van der Waals surface area contributed by atoms with Crippen molar-refractivity contribution in [1.29, 1.82) is 0 Å². The first-order valence-corrected chi connectivity index (χ1v) is 4.60. The van der Waals surface area contributed by atoms with Crippen LogP contribution < -0.4 is 0 Å². The van der Waals surface area contributed by atoms with Crippen molar-refractivity contribution in [2.45, 2.75) is 0 Å². The van der Waals surface area contributed by atoms with E-state index in [4.69, 9.17) is 9.52 Å². The van der Waals surface area contributed by atoms with Gasteiger partial charge in [0.05, 0.1) is 5.56 Å². The normalized spacial score (nSPS) is 11.2. The number of hydrogen-bond acceptors (Lipinski definition) is 4. The van der Waals surface area contributed by atoms with Crippen molar-refractivity contribution in [2.24, 2.45) is 4.99 Å². The van der Waals surface area contributed by atoms with Crippen LogP contribution in [0.5, 0.6) is 5.95 Å². The van der Waals surface area contributed by atoms with Gasteiger partial charge in [0.1, 0.15) is 12.1 Å². The van der Waals surface area contributed by atoms with Gasteiger partial charge in [-0.25, -0.2) is 0 Å². The molecule has 0 saturated heterocycles. The molecule has 82 valence electrons. The molecule has 0 aliphatic carbocycles. The number of aromatic hydroxyl groups is 1. The Bertz CT molecular complexity index is 556. The molecular formula is C11H9NO4. The van der Waals surface area contributed by atoms with Gasteiger partial charge in [0, 0.05) is 11.6 Å². The summed E-state index contributed by atoms with van der Waals surface area (Å²) < 4.78 is 5.07. The molecule has 0 aliphatic rings. The van der Waals surface area contributed by atoms with Crippen LogP contribution in [0.4, 0.5) is 0 Å². The molecule has 0 aliphatic heterocycles. The lowest BCUT2D eigenvalue weighted by Gasteiger charge is -1.89. The van der Waals surface area contributed by atoms with Gasteiger partial charge >= 0.3 is 5.97 Å². The van der Waals surface area contributed by atoms with Crippen molar-refractivity contribution >= 4 is 23.2 Å². The van der Waals surface area contributed by atoms with Crippen LogP contribution in [0.25, 0.3) is 11.0 Å². The molecule has 0 atom stereocenters. The van der Waals surface area contributed by atoms with Gasteiger partial charge in [-0.2, -0.15) is 0 Å². The fourth-order valence-corrected chi connectivity index (χ4v) is 1.39. The molecule has 1 aromatic heterocycles. The highest BCUT2D eigenvalue weighted by Crippen LogP contribution is 2.28. The molecule has 0 amide bonds. The van der Waals surface area contributed by atoms with E-state index in [2.05, 4.69) is 4.99 Å². The first-order chi connectivity index (χ1) is 7.68. The number of nitrogens with zero attached hydrogens (tertiary/aromatic N) is 1. The molecule has 2 N–H and O–H groups in total. The maximum atomic E-state index is 10.3. The number of rotatable bonds is 3. The van der Waals surface area contributed by atoms with Crippen LogP contribution in [0.1, 0.15) is 5.56 Å². The van der Waals surface area contributed by atoms with E-state index in [-0.39, 0.29) is 12.5 Å². The van der Waals surface area contributed by atoms with Crippen LogP contribution in [0.3, 0.4) is 0 Å². The number of para-hydroxylation sites is 1. The molecule has 0 saturated carbocycles. The molecule has 0 unspecified atom stereocenters. The fraction of sp³-hybridized carbons (Fsp3) is 0.0909. The zero-order valence-corrected chi connectivity index (χ0v) is 8.25. The SMILES string of the molecule is O=C(O)CN=Cc1c(O)oc2ccccc12. The number of hydrogen-bond donors (Lipinski definition) is 2. The maximum absolute atomic E-state index is 10.3. The third kappa shape index (κ3) is 1.88. The second-order valence-electron chi connectivity index (χ2n) is 3.18. The first kappa shape index (κ1) is 10.2. The van der Waals surface area contributed by atoms with Gasteiger partial charge in [-0.1, -0.05) is 18.2 Å². The van der Waals surface area contributed by atoms with Crippen molar-refractivity contribution in [3.63, 3.8) is 0 Å². The van der Waals surface area contributed by atoms with E-state index in [1.807, 2.05) is 0 Å². The molecule has 2 aromatic rings. The van der Waals surface area contributed by atoms with E-state index in [1.54, 1.807) is 24.3 Å². The minimum atomic E-state index is -1.02. The third-order valence-corrected chi connectivity index (χ3v) is 2.06. The Labute approximate surface area is 90.6 Å². The van der Waals surface area contributed by atoms with Gasteiger partial charge in [-0.15, -0.1) is 0 Å². The van der Waals surface area contributed by atoms with Gasteiger partial charge < -0.3 is 14.6 Å². The highest BCUT2D eigenvalue weighted by molar-refractivity contribution is 6.00. The molecule has 16 heavy (non-hydrogen) atoms. The average molecular weight is 219 g/mol. The van der Waals surface area contributed by atoms with E-state index in [9.17, 15) is 9.90 Å². The number of benzene rings is 1. The number of carboxylic acid groups (broad SMARTS) is 1. The Morgan fingerprint density at radius 3 is 2.94 bits per heavy atom. The molecule has 1 heterocycles. The number of carboxylic acids is 1. The first-order valence-electron chi connectivity index (χ1n) is 4.60. The third-order valence-electron chi connectivity index (χ3n) is 2.06. The second-order valence-corrected chi connectivity index (χ2v) is 3.18. The van der Waals surface area contributed by atoms with Crippen LogP contribution in [0, 0.1) is 0 Å². The van der Waals surface area contributed by atoms with Gasteiger partial charge in [0.2, 0.25) is 0 Å². The minimum Gasteiger partial charge on any atom is -0.480 e. The number of furan rings is 1. The fourth-order valence-electron chi connectivity index (χ4n) is 1.39. The molecule has 0 radical (unpaired) electrons. The summed E-state index contributed by atoms with van der Waals surface area (Å²) in [4.78, 5) is 14.0. The quantitative estimate of drug-likeness (QED) is 0.768. The summed E-state index contributed by atoms with van der Waals surface area (Å²) in [5.74, 6) is -1.28. The lowest BCUT2D eigenvalue weighted by Crippen LogP contribution is -1.99. The topological polar surface area (TPSA) is 83.0 Å². The molecule has 5 heteroatoms. The Morgan fingerprint density at radius 2 is 2.19 bits per heavy atom. The number of fused-ring (bicyclic) bond motifs is 1. The zero-order chi connectivity index (χ0) is 11.5. The van der Waals surface area contributed by atoms with Crippen LogP contribution in [-0.2, 0) is 4.79 Å². The van der Waals surface area contributed by atoms with Crippen LogP contribution >= 0.6 is 0 Å². The summed E-state index contributed by atoms with van der Waals surface area (Å²) in [5, 5.41) is 18.6. The van der Waals surface area contributed by atoms with E-state index in [0.717, 1.165) is 0 Å². The van der Waals surface area contributed by atoms with Gasteiger partial charge in [0.25, 0.3) is 5.95 Å². The van der Waals surface area contributed by atoms with E-state index in [1.165, 1.54) is 6.21 Å². The number of carbonyl (C=O) groups is 1. The Kier molecular flexibility index (Phi) is 2.59. The van der Waals surface area contributed by atoms with Crippen LogP contribution in [0.2, 0.25) is 0 Å². The van der Waals surface area contributed by atoms with E-state index >= 15 is 0 Å². The highest BCUT2D eigenvalue weighted by atomic mass is 16.5. The predicted molar refractivity (Wildman–Crippen MR) is 58.0 cm³/mol. The smallest absolute Gasteiger partial charge is 0.325 e. The molecule has 0 spiro atoms. The predicted octanol–water partition coefficient (Wildman–Crippen LogP) is 1.64. The zero-order valence-electron chi connectivity index (χ0n) is 8.25. The van der Waals surface area contributed by atoms with Crippen LogP contribution in [-0.4, -0.2) is 28.9 Å². The monoisotopic (exact) mass is 219 g/mol. The molecule has 0 fully saturated rings. The van der Waals surface area contributed by atoms with Crippen molar-refractivity contribution < 1.29 is 19.4 Å². The molecular weight excluding hydrogens is 210 g/mol. The summed E-state index contributed by atoms with van der Waals surface area (Å²) in [6, 6.07) is 7.06. The lowest BCUT2D eigenvalue weighted by molar-refractivity contribution is -0.135. The second kappa shape index (κ2) is 4.06. The van der Waals surface area contributed by atoms with E-state index in [0.29, 0.717) is 16.5 Å². The average Bonchev–Trinajstić information content (AvgIpc) is 2.55. The summed E-state index contributed by atoms with van der Waals surface area (Å²) in [7, 11) is 0. The number of aliphatic imine (C=N–C) groups is 1. The van der Waals surface area contributed by atoms with Gasteiger partial charge in [0.15, 0.2) is 0 Å². The van der Waals surface area contributed by atoms with Crippen molar-refractivity contribution in [3.8, 4) is 5.95 Å². The molecule has 2 rings (SSSR count). The minimum absolute atomic E-state index is 0.254. The van der Waals surface area contributed by atoms with Gasteiger partial charge in [-0.05, 0) is 6.07 Å². The summed E-state index contributed by atoms with van der Waals surface area (Å²) >= 11 is 0. The Balaban J connectivity index is 2.39. The van der Waals surface area contributed by atoms with Crippen molar-refractivity contribution in [3.05, 3.63) is 29.8 Å². The maximum Gasteiger partial charge on any atom is 0.325 e. The van der Waals surface area contributed by atoms with Crippen molar-refractivity contribution in [2.75, 3.05) is 6.54 Å². The molecule has 0 bridgehead atoms. The largest absolute Gasteiger partial charge is 0.480 e.